The van der Waals surface area contributed by atoms with Crippen molar-refractivity contribution in [2.45, 2.75) is 0 Å². The highest BCUT2D eigenvalue weighted by Crippen LogP contribution is 2.22. The topological polar surface area (TPSA) is 43.4 Å². The molecule has 3 aromatic rings. The second kappa shape index (κ2) is 6.71. The molecule has 3 rings (SSSR count). The molecule has 0 spiro atoms. The molecule has 0 saturated carbocycles. The summed E-state index contributed by atoms with van der Waals surface area (Å²) in [5.41, 5.74) is 1.87. The summed E-state index contributed by atoms with van der Waals surface area (Å²) in [7, 11) is 0. The van der Waals surface area contributed by atoms with E-state index >= 15 is 0 Å². The Morgan fingerprint density at radius 1 is 0.696 bits per heavy atom. The maximum atomic E-state index is 12.3. The van der Waals surface area contributed by atoms with Crippen molar-refractivity contribution in [2.75, 3.05) is 0 Å². The molecule has 0 heterocycles. The summed E-state index contributed by atoms with van der Waals surface area (Å²) in [4.78, 5) is 22.9. The van der Waals surface area contributed by atoms with Crippen LogP contribution in [0.1, 0.15) is 26.3 Å². The lowest BCUT2D eigenvalue weighted by atomic mass is 10.0. The van der Waals surface area contributed by atoms with Crippen LogP contribution in [0.4, 0.5) is 0 Å². The molecule has 0 bridgehead atoms. The van der Waals surface area contributed by atoms with E-state index in [-0.39, 0.29) is 5.78 Å². The van der Waals surface area contributed by atoms with E-state index in [1.807, 2.05) is 18.2 Å². The van der Waals surface area contributed by atoms with Crippen LogP contribution in [0.15, 0.2) is 78.9 Å². The van der Waals surface area contributed by atoms with Crippen molar-refractivity contribution in [1.82, 2.24) is 0 Å². The summed E-state index contributed by atoms with van der Waals surface area (Å²) in [6, 6.07) is 23.0. The van der Waals surface area contributed by atoms with Crippen LogP contribution < -0.4 is 4.74 Å². The Hall–Kier alpha value is -3.20. The van der Waals surface area contributed by atoms with Crippen LogP contribution >= 0.6 is 0 Å². The van der Waals surface area contributed by atoms with Crippen LogP contribution in [0, 0.1) is 0 Å². The van der Waals surface area contributed by atoms with Crippen molar-refractivity contribution in [2.24, 2.45) is 0 Å². The van der Waals surface area contributed by atoms with Gasteiger partial charge in [-0.25, -0.2) is 0 Å². The van der Waals surface area contributed by atoms with E-state index in [2.05, 4.69) is 0 Å². The van der Waals surface area contributed by atoms with Gasteiger partial charge in [-0.3, -0.25) is 9.59 Å². The van der Waals surface area contributed by atoms with E-state index < -0.39 is 0 Å². The van der Waals surface area contributed by atoms with E-state index in [1.54, 1.807) is 60.7 Å². The fourth-order valence-corrected chi connectivity index (χ4v) is 2.18. The number of carbonyl (C=O) groups excluding carboxylic acids is 2. The van der Waals surface area contributed by atoms with Crippen molar-refractivity contribution in [3.05, 3.63) is 95.6 Å². The van der Waals surface area contributed by atoms with Crippen LogP contribution in [0.25, 0.3) is 0 Å². The second-order valence-corrected chi connectivity index (χ2v) is 5.01. The van der Waals surface area contributed by atoms with Gasteiger partial charge in [0.15, 0.2) is 5.78 Å². The first-order valence-electron chi connectivity index (χ1n) is 7.19. The third-order valence-electron chi connectivity index (χ3n) is 3.40. The normalized spacial score (nSPS) is 10.1. The average molecular weight is 302 g/mol. The number of aldehydes is 1. The molecule has 112 valence electrons. The zero-order valence-electron chi connectivity index (χ0n) is 12.3. The Morgan fingerprint density at radius 2 is 1.22 bits per heavy atom. The van der Waals surface area contributed by atoms with Crippen molar-refractivity contribution in [1.29, 1.82) is 0 Å². The Kier molecular flexibility index (Phi) is 4.29. The van der Waals surface area contributed by atoms with Gasteiger partial charge in [0.05, 0.1) is 0 Å². The maximum Gasteiger partial charge on any atom is 0.193 e. The molecule has 0 atom stereocenters. The summed E-state index contributed by atoms with van der Waals surface area (Å²) in [6.45, 7) is 0. The van der Waals surface area contributed by atoms with Gasteiger partial charge in [0.2, 0.25) is 0 Å². The number of rotatable bonds is 5. The Balaban J connectivity index is 1.74. The lowest BCUT2D eigenvalue weighted by molar-refractivity contribution is 0.103. The molecule has 0 amide bonds. The van der Waals surface area contributed by atoms with Gasteiger partial charge in [-0.05, 0) is 48.5 Å². The molecule has 23 heavy (non-hydrogen) atoms. The monoisotopic (exact) mass is 302 g/mol. The molecule has 0 aromatic heterocycles. The summed E-state index contributed by atoms with van der Waals surface area (Å²) >= 11 is 0. The molecule has 0 aliphatic rings. The molecule has 0 radical (unpaired) electrons. The zero-order valence-corrected chi connectivity index (χ0v) is 12.3. The van der Waals surface area contributed by atoms with Gasteiger partial charge in [-0.1, -0.05) is 30.3 Å². The van der Waals surface area contributed by atoms with E-state index in [0.29, 0.717) is 28.2 Å². The SMILES string of the molecule is O=Cc1ccc(Oc2ccc(C(=O)c3ccccc3)cc2)cc1. The first kappa shape index (κ1) is 14.7. The maximum absolute atomic E-state index is 12.3. The fourth-order valence-electron chi connectivity index (χ4n) is 2.18. The molecular weight excluding hydrogens is 288 g/mol. The molecule has 0 aliphatic heterocycles. The minimum absolute atomic E-state index is 0.0208. The molecule has 3 heteroatoms. The molecule has 0 N–H and O–H groups in total. The van der Waals surface area contributed by atoms with Gasteiger partial charge in [-0.2, -0.15) is 0 Å². The molecule has 3 nitrogen and oxygen atoms in total. The number of carbonyl (C=O) groups is 2. The number of ketones is 1. The van der Waals surface area contributed by atoms with Crippen LogP contribution in [0.5, 0.6) is 11.5 Å². The smallest absolute Gasteiger partial charge is 0.193 e. The number of hydrogen-bond acceptors (Lipinski definition) is 3. The highest BCUT2D eigenvalue weighted by molar-refractivity contribution is 6.08. The van der Waals surface area contributed by atoms with Gasteiger partial charge >= 0.3 is 0 Å². The van der Waals surface area contributed by atoms with Crippen molar-refractivity contribution in [3.8, 4) is 11.5 Å². The zero-order chi connectivity index (χ0) is 16.1. The quantitative estimate of drug-likeness (QED) is 0.514. The number of ether oxygens (including phenoxy) is 1. The van der Waals surface area contributed by atoms with E-state index in [4.69, 9.17) is 4.74 Å². The van der Waals surface area contributed by atoms with Gasteiger partial charge in [0.1, 0.15) is 17.8 Å². The highest BCUT2D eigenvalue weighted by Gasteiger charge is 2.08. The predicted molar refractivity (Wildman–Crippen MR) is 88.2 cm³/mol. The third-order valence-corrected chi connectivity index (χ3v) is 3.40. The summed E-state index contributed by atoms with van der Waals surface area (Å²) in [5, 5.41) is 0. The Morgan fingerprint density at radius 3 is 1.78 bits per heavy atom. The van der Waals surface area contributed by atoms with Crippen molar-refractivity contribution in [3.63, 3.8) is 0 Å². The van der Waals surface area contributed by atoms with Crippen LogP contribution in [-0.4, -0.2) is 12.1 Å². The second-order valence-electron chi connectivity index (χ2n) is 5.01. The van der Waals surface area contributed by atoms with Crippen molar-refractivity contribution >= 4 is 12.1 Å². The molecule has 0 saturated heterocycles. The fraction of sp³-hybridized carbons (Fsp3) is 0. The molecule has 3 aromatic carbocycles. The highest BCUT2D eigenvalue weighted by atomic mass is 16.5. The summed E-state index contributed by atoms with van der Waals surface area (Å²) in [6.07, 6.45) is 0.785. The third kappa shape index (κ3) is 3.52. The first-order chi connectivity index (χ1) is 11.3. The van der Waals surface area contributed by atoms with Gasteiger partial charge in [0.25, 0.3) is 0 Å². The Bertz CT molecular complexity index is 804. The predicted octanol–water partition coefficient (Wildman–Crippen LogP) is 4.52. The minimum Gasteiger partial charge on any atom is -0.457 e. The number of benzene rings is 3. The van der Waals surface area contributed by atoms with E-state index in [0.717, 1.165) is 6.29 Å². The molecule has 0 unspecified atom stereocenters. The molecular formula is C20H14O3. The minimum atomic E-state index is -0.0208. The van der Waals surface area contributed by atoms with E-state index in [9.17, 15) is 9.59 Å². The summed E-state index contributed by atoms with van der Waals surface area (Å²) < 4.78 is 5.69. The van der Waals surface area contributed by atoms with Gasteiger partial charge in [0, 0.05) is 16.7 Å². The van der Waals surface area contributed by atoms with Gasteiger partial charge < -0.3 is 4.74 Å². The molecule has 0 fully saturated rings. The van der Waals surface area contributed by atoms with Crippen LogP contribution in [-0.2, 0) is 0 Å². The lowest BCUT2D eigenvalue weighted by Gasteiger charge is -2.07. The molecule has 0 aliphatic carbocycles. The first-order valence-corrected chi connectivity index (χ1v) is 7.19. The van der Waals surface area contributed by atoms with E-state index in [1.165, 1.54) is 0 Å². The largest absolute Gasteiger partial charge is 0.457 e. The van der Waals surface area contributed by atoms with Crippen LogP contribution in [0.3, 0.4) is 0 Å². The standard InChI is InChI=1S/C20H14O3/c21-14-15-6-10-18(11-7-15)23-19-12-8-17(9-13-19)20(22)16-4-2-1-3-5-16/h1-14H. The number of hydrogen-bond donors (Lipinski definition) is 0. The lowest BCUT2D eigenvalue weighted by Crippen LogP contribution is -2.00. The Labute approximate surface area is 134 Å². The van der Waals surface area contributed by atoms with Crippen LogP contribution in [0.2, 0.25) is 0 Å². The van der Waals surface area contributed by atoms with Crippen molar-refractivity contribution < 1.29 is 14.3 Å². The van der Waals surface area contributed by atoms with Gasteiger partial charge in [-0.15, -0.1) is 0 Å². The summed E-state index contributed by atoms with van der Waals surface area (Å²) in [5.74, 6) is 1.25. The average Bonchev–Trinajstić information content (AvgIpc) is 2.63.